The van der Waals surface area contributed by atoms with Gasteiger partial charge in [0.25, 0.3) is 0 Å². The average molecular weight is 396 g/mol. The van der Waals surface area contributed by atoms with Crippen LogP contribution in [0.3, 0.4) is 0 Å². The fourth-order valence-corrected chi connectivity index (χ4v) is 3.74. The first-order chi connectivity index (χ1) is 13.9. The minimum absolute atomic E-state index is 0.0446. The van der Waals surface area contributed by atoms with Crippen molar-refractivity contribution in [3.05, 3.63) is 57.2 Å². The molecule has 0 aliphatic heterocycles. The topological polar surface area (TPSA) is 87.7 Å². The number of rotatable bonds is 9. The van der Waals surface area contributed by atoms with E-state index in [1.165, 1.54) is 43.9 Å². The Kier molecular flexibility index (Phi) is 6.70. The number of hydrogen-bond acceptors (Lipinski definition) is 4. The summed E-state index contributed by atoms with van der Waals surface area (Å²) in [4.78, 5) is 24.4. The Hall–Kier alpha value is -2.66. The summed E-state index contributed by atoms with van der Waals surface area (Å²) in [6.45, 7) is 3.85. The van der Waals surface area contributed by atoms with Gasteiger partial charge in [0.15, 0.2) is 0 Å². The van der Waals surface area contributed by atoms with Gasteiger partial charge < -0.3 is 14.6 Å². The number of carbonyl (C=O) groups is 1. The molecule has 0 radical (unpaired) electrons. The highest BCUT2D eigenvalue weighted by molar-refractivity contribution is 5.96. The minimum atomic E-state index is -1.09. The largest absolute Gasteiger partial charge is 0.478 e. The Morgan fingerprint density at radius 3 is 2.45 bits per heavy atom. The number of fused-ring (bicyclic) bond motifs is 2. The van der Waals surface area contributed by atoms with Crippen molar-refractivity contribution in [2.75, 3.05) is 0 Å². The van der Waals surface area contributed by atoms with Crippen LogP contribution < -0.4 is 5.43 Å². The van der Waals surface area contributed by atoms with Crippen LogP contribution in [0.4, 0.5) is 0 Å². The summed E-state index contributed by atoms with van der Waals surface area (Å²) in [6, 6.07) is 8.00. The van der Waals surface area contributed by atoms with Gasteiger partial charge in [0, 0.05) is 5.56 Å². The first-order valence-electron chi connectivity index (χ1n) is 10.4. The summed E-state index contributed by atoms with van der Waals surface area (Å²) in [5.41, 5.74) is 2.04. The van der Waals surface area contributed by atoms with Crippen LogP contribution in [0.5, 0.6) is 0 Å². The molecule has 1 unspecified atom stereocenters. The van der Waals surface area contributed by atoms with E-state index < -0.39 is 12.1 Å². The molecule has 5 heteroatoms. The molecule has 0 bridgehead atoms. The molecule has 0 saturated carbocycles. The Balaban J connectivity index is 2.02. The normalized spacial score (nSPS) is 12.5. The van der Waals surface area contributed by atoms with E-state index in [4.69, 9.17) is 4.42 Å². The molecule has 2 aromatic carbocycles. The zero-order chi connectivity index (χ0) is 21.0. The monoisotopic (exact) mass is 396 g/mol. The third-order valence-electron chi connectivity index (χ3n) is 5.37. The van der Waals surface area contributed by atoms with Gasteiger partial charge in [-0.05, 0) is 55.7 Å². The summed E-state index contributed by atoms with van der Waals surface area (Å²) >= 11 is 0. The molecule has 2 N–H and O–H groups in total. The van der Waals surface area contributed by atoms with Gasteiger partial charge >= 0.3 is 5.97 Å². The Labute approximate surface area is 170 Å². The smallest absolute Gasteiger partial charge is 0.335 e. The number of carboxylic acids is 1. The van der Waals surface area contributed by atoms with E-state index >= 15 is 0 Å². The molecule has 0 saturated heterocycles. The molecule has 0 aliphatic rings. The number of aromatic carboxylic acids is 1. The van der Waals surface area contributed by atoms with Crippen LogP contribution in [-0.2, 0) is 6.42 Å². The van der Waals surface area contributed by atoms with Crippen LogP contribution in [0.1, 0.15) is 80.0 Å². The number of unbranched alkanes of at least 4 members (excludes halogenated alkanes) is 5. The maximum absolute atomic E-state index is 13.1. The van der Waals surface area contributed by atoms with E-state index in [-0.39, 0.29) is 16.4 Å². The standard InChI is InChI=1S/C24H28O5/c1-3-4-5-6-7-8-9-16-12-18(15(2)25)23-20(13-16)22(26)19-14-17(24(27)28)10-11-21(19)29-23/h10-15,25H,3-9H2,1-2H3,(H,27,28). The van der Waals surface area contributed by atoms with Crippen molar-refractivity contribution in [3.63, 3.8) is 0 Å². The van der Waals surface area contributed by atoms with Gasteiger partial charge in [0.2, 0.25) is 5.43 Å². The summed E-state index contributed by atoms with van der Waals surface area (Å²) in [5, 5.41) is 20.1. The second kappa shape index (κ2) is 9.23. The number of carboxylic acid groups (broad SMARTS) is 1. The van der Waals surface area contributed by atoms with Gasteiger partial charge in [-0.15, -0.1) is 0 Å². The van der Waals surface area contributed by atoms with Crippen molar-refractivity contribution in [1.29, 1.82) is 0 Å². The van der Waals surface area contributed by atoms with E-state index in [0.29, 0.717) is 22.1 Å². The summed E-state index contributed by atoms with van der Waals surface area (Å²) in [6.07, 6.45) is 7.14. The van der Waals surface area contributed by atoms with Crippen LogP contribution in [0.25, 0.3) is 21.9 Å². The average Bonchev–Trinajstić information content (AvgIpc) is 2.70. The van der Waals surface area contributed by atoms with Gasteiger partial charge in [-0.25, -0.2) is 4.79 Å². The predicted molar refractivity (Wildman–Crippen MR) is 115 cm³/mol. The fourth-order valence-electron chi connectivity index (χ4n) is 3.74. The van der Waals surface area contributed by atoms with E-state index in [2.05, 4.69) is 6.92 Å². The molecule has 0 spiro atoms. The first-order valence-corrected chi connectivity index (χ1v) is 10.4. The van der Waals surface area contributed by atoms with E-state index in [0.717, 1.165) is 24.8 Å². The summed E-state index contributed by atoms with van der Waals surface area (Å²) < 4.78 is 5.93. The van der Waals surface area contributed by atoms with Crippen LogP contribution in [0.2, 0.25) is 0 Å². The molecular weight excluding hydrogens is 368 g/mol. The van der Waals surface area contributed by atoms with E-state index in [1.54, 1.807) is 6.92 Å². The lowest BCUT2D eigenvalue weighted by molar-refractivity contribution is 0.0697. The van der Waals surface area contributed by atoms with Gasteiger partial charge in [-0.1, -0.05) is 39.0 Å². The zero-order valence-corrected chi connectivity index (χ0v) is 17.0. The molecule has 3 aromatic rings. The SMILES string of the molecule is CCCCCCCCc1cc(C(C)O)c2oc3ccc(C(=O)O)cc3c(=O)c2c1. The lowest BCUT2D eigenvalue weighted by atomic mass is 9.97. The second-order valence-electron chi connectivity index (χ2n) is 7.70. The maximum Gasteiger partial charge on any atom is 0.335 e. The van der Waals surface area contributed by atoms with E-state index in [9.17, 15) is 19.8 Å². The van der Waals surface area contributed by atoms with Crippen molar-refractivity contribution in [2.24, 2.45) is 0 Å². The predicted octanol–water partition coefficient (Wildman–Crippen LogP) is 5.60. The first kappa shape index (κ1) is 21.1. The van der Waals surface area contributed by atoms with Gasteiger partial charge in [0.05, 0.1) is 22.4 Å². The molecular formula is C24H28O5. The highest BCUT2D eigenvalue weighted by Crippen LogP contribution is 2.28. The van der Waals surface area contributed by atoms with Gasteiger partial charge in [-0.3, -0.25) is 4.79 Å². The lowest BCUT2D eigenvalue weighted by Gasteiger charge is -2.12. The van der Waals surface area contributed by atoms with Crippen molar-refractivity contribution < 1.29 is 19.4 Å². The Bertz CT molecular complexity index is 1080. The zero-order valence-electron chi connectivity index (χ0n) is 17.0. The number of aryl methyl sites for hydroxylation is 1. The minimum Gasteiger partial charge on any atom is -0.478 e. The van der Waals surface area contributed by atoms with Gasteiger partial charge in [0.1, 0.15) is 11.2 Å². The molecule has 0 aliphatic carbocycles. The molecule has 0 amide bonds. The number of aliphatic hydroxyl groups excluding tert-OH is 1. The Morgan fingerprint density at radius 1 is 1.03 bits per heavy atom. The molecule has 5 nitrogen and oxygen atoms in total. The molecule has 154 valence electrons. The van der Waals surface area contributed by atoms with Gasteiger partial charge in [-0.2, -0.15) is 0 Å². The quantitative estimate of drug-likeness (QED) is 0.363. The molecule has 1 heterocycles. The Morgan fingerprint density at radius 2 is 1.76 bits per heavy atom. The van der Waals surface area contributed by atoms with Crippen LogP contribution >= 0.6 is 0 Å². The van der Waals surface area contributed by atoms with Crippen LogP contribution in [0, 0.1) is 0 Å². The fraction of sp³-hybridized carbons (Fsp3) is 0.417. The molecule has 1 atom stereocenters. The van der Waals surface area contributed by atoms with Crippen LogP contribution in [-0.4, -0.2) is 16.2 Å². The summed E-state index contributed by atoms with van der Waals surface area (Å²) in [7, 11) is 0. The highest BCUT2D eigenvalue weighted by Gasteiger charge is 2.17. The molecule has 29 heavy (non-hydrogen) atoms. The second-order valence-corrected chi connectivity index (χ2v) is 7.70. The summed E-state index contributed by atoms with van der Waals surface area (Å²) in [5.74, 6) is -1.09. The van der Waals surface area contributed by atoms with Crippen molar-refractivity contribution >= 4 is 27.9 Å². The van der Waals surface area contributed by atoms with Crippen LogP contribution in [0.15, 0.2) is 39.5 Å². The maximum atomic E-state index is 13.1. The number of hydrogen-bond donors (Lipinski definition) is 2. The highest BCUT2D eigenvalue weighted by atomic mass is 16.4. The molecule has 0 fully saturated rings. The van der Waals surface area contributed by atoms with E-state index in [1.807, 2.05) is 12.1 Å². The molecule has 3 rings (SSSR count). The third kappa shape index (κ3) is 4.67. The van der Waals surface area contributed by atoms with Crippen molar-refractivity contribution in [1.82, 2.24) is 0 Å². The number of benzene rings is 2. The number of aliphatic hydroxyl groups is 1. The molecule has 1 aromatic heterocycles. The lowest BCUT2D eigenvalue weighted by Crippen LogP contribution is -2.07. The van der Waals surface area contributed by atoms with Crippen molar-refractivity contribution in [3.8, 4) is 0 Å². The third-order valence-corrected chi connectivity index (χ3v) is 5.37. The van der Waals surface area contributed by atoms with Crippen molar-refractivity contribution in [2.45, 2.75) is 64.9 Å².